The van der Waals surface area contributed by atoms with Crippen LogP contribution in [0.3, 0.4) is 0 Å². The van der Waals surface area contributed by atoms with Crippen molar-refractivity contribution in [1.82, 2.24) is 25.5 Å². The van der Waals surface area contributed by atoms with Gasteiger partial charge in [-0.3, -0.25) is 4.79 Å². The number of hydrogen-bond donors (Lipinski definition) is 2. The van der Waals surface area contributed by atoms with Gasteiger partial charge in [0, 0.05) is 18.6 Å². The Hall–Kier alpha value is -2.81. The molecule has 2 N–H and O–H groups in total. The first-order valence-corrected chi connectivity index (χ1v) is 6.58. The van der Waals surface area contributed by atoms with Crippen molar-refractivity contribution in [3.63, 3.8) is 0 Å². The monoisotopic (exact) mass is 303 g/mol. The summed E-state index contributed by atoms with van der Waals surface area (Å²) in [5.41, 5.74) is -0.311. The highest BCUT2D eigenvalue weighted by Gasteiger charge is 2.44. The van der Waals surface area contributed by atoms with Crippen LogP contribution in [0.5, 0.6) is 0 Å². The van der Waals surface area contributed by atoms with Gasteiger partial charge in [-0.15, -0.1) is 5.10 Å². The van der Waals surface area contributed by atoms with E-state index < -0.39 is 17.4 Å². The number of nitrogens with zero attached hydrogens (tertiary/aromatic N) is 4. The van der Waals surface area contributed by atoms with Crippen LogP contribution in [0.1, 0.15) is 16.8 Å². The summed E-state index contributed by atoms with van der Waals surface area (Å²) in [6.07, 6.45) is 1.68. The second kappa shape index (κ2) is 5.53. The quantitative estimate of drug-likeness (QED) is 0.791. The van der Waals surface area contributed by atoms with Crippen molar-refractivity contribution in [2.45, 2.75) is 12.0 Å². The maximum Gasteiger partial charge on any atom is 0.331 e. The Labute approximate surface area is 124 Å². The van der Waals surface area contributed by atoms with Gasteiger partial charge in [0.15, 0.2) is 5.54 Å². The zero-order valence-corrected chi connectivity index (χ0v) is 11.5. The fraction of sp³-hybridized carbons (Fsp3) is 0.308. The Morgan fingerprint density at radius 2 is 2.09 bits per heavy atom. The summed E-state index contributed by atoms with van der Waals surface area (Å²) in [6.45, 7) is 0.279. The number of carbonyl (C=O) groups is 2. The van der Waals surface area contributed by atoms with E-state index in [9.17, 15) is 14.7 Å². The molecule has 22 heavy (non-hydrogen) atoms. The number of carbonyl (C=O) groups excluding carboxylic acids is 1. The topological polar surface area (TPSA) is 119 Å². The number of tetrazole rings is 1. The predicted molar refractivity (Wildman–Crippen MR) is 72.4 cm³/mol. The first-order valence-electron chi connectivity index (χ1n) is 6.58. The van der Waals surface area contributed by atoms with E-state index in [1.54, 1.807) is 24.3 Å². The second-order valence-electron chi connectivity index (χ2n) is 4.95. The summed E-state index contributed by atoms with van der Waals surface area (Å²) in [5, 5.41) is 22.7. The highest BCUT2D eigenvalue weighted by atomic mass is 16.5. The molecular weight excluding hydrogens is 290 g/mol. The van der Waals surface area contributed by atoms with E-state index in [0.29, 0.717) is 17.9 Å². The van der Waals surface area contributed by atoms with Crippen LogP contribution in [0.25, 0.3) is 5.69 Å². The molecule has 0 bridgehead atoms. The lowest BCUT2D eigenvalue weighted by atomic mass is 9.98. The fourth-order valence-electron chi connectivity index (χ4n) is 2.22. The normalized spacial score (nSPS) is 20.7. The lowest BCUT2D eigenvalue weighted by Gasteiger charge is -2.23. The third-order valence-corrected chi connectivity index (χ3v) is 3.53. The van der Waals surface area contributed by atoms with Crippen molar-refractivity contribution < 1.29 is 19.4 Å². The van der Waals surface area contributed by atoms with Crippen molar-refractivity contribution in [2.24, 2.45) is 0 Å². The minimum Gasteiger partial charge on any atom is -0.479 e. The fourth-order valence-corrected chi connectivity index (χ4v) is 2.22. The van der Waals surface area contributed by atoms with Gasteiger partial charge in [0.25, 0.3) is 5.91 Å². The molecule has 1 fully saturated rings. The lowest BCUT2D eigenvalue weighted by Crippen LogP contribution is -2.55. The largest absolute Gasteiger partial charge is 0.479 e. The first kappa shape index (κ1) is 14.1. The minimum absolute atomic E-state index is 0.0310. The molecule has 9 nitrogen and oxygen atoms in total. The van der Waals surface area contributed by atoms with Gasteiger partial charge in [-0.2, -0.15) is 0 Å². The maximum atomic E-state index is 12.2. The van der Waals surface area contributed by atoms with E-state index in [4.69, 9.17) is 4.74 Å². The molecule has 1 aliphatic heterocycles. The molecule has 1 atom stereocenters. The third kappa shape index (κ3) is 2.53. The van der Waals surface area contributed by atoms with Crippen LogP contribution in [0.4, 0.5) is 0 Å². The molecule has 114 valence electrons. The Kier molecular flexibility index (Phi) is 3.55. The standard InChI is InChI=1S/C13H13N5O4/c19-11(15-13(12(20)21)5-6-22-7-13)9-1-3-10(4-2-9)18-8-14-16-17-18/h1-4,8H,5-7H2,(H,15,19)(H,20,21). The summed E-state index contributed by atoms with van der Waals surface area (Å²) >= 11 is 0. The number of carboxylic acid groups (broad SMARTS) is 1. The Balaban J connectivity index is 1.76. The molecule has 1 saturated heterocycles. The van der Waals surface area contributed by atoms with Crippen molar-refractivity contribution in [3.05, 3.63) is 36.2 Å². The first-order chi connectivity index (χ1) is 10.6. The van der Waals surface area contributed by atoms with Crippen LogP contribution in [-0.2, 0) is 9.53 Å². The highest BCUT2D eigenvalue weighted by molar-refractivity contribution is 5.98. The SMILES string of the molecule is O=C(NC1(C(=O)O)CCOC1)c1ccc(-n2cnnn2)cc1. The number of hydrogen-bond acceptors (Lipinski definition) is 6. The Morgan fingerprint density at radius 3 is 2.64 bits per heavy atom. The van der Waals surface area contributed by atoms with Gasteiger partial charge in [0.05, 0.1) is 12.3 Å². The van der Waals surface area contributed by atoms with Gasteiger partial charge in [0.2, 0.25) is 0 Å². The third-order valence-electron chi connectivity index (χ3n) is 3.53. The van der Waals surface area contributed by atoms with Gasteiger partial charge < -0.3 is 15.2 Å². The molecule has 2 aromatic rings. The van der Waals surface area contributed by atoms with Crippen LogP contribution >= 0.6 is 0 Å². The number of nitrogens with one attached hydrogen (secondary N) is 1. The summed E-state index contributed by atoms with van der Waals surface area (Å²) in [4.78, 5) is 23.6. The van der Waals surface area contributed by atoms with Crippen molar-refractivity contribution in [2.75, 3.05) is 13.2 Å². The average Bonchev–Trinajstić information content (AvgIpc) is 3.19. The number of aromatic nitrogens is 4. The number of rotatable bonds is 4. The zero-order chi connectivity index (χ0) is 15.6. The maximum absolute atomic E-state index is 12.2. The molecule has 1 aliphatic rings. The molecule has 3 rings (SSSR count). The van der Waals surface area contributed by atoms with E-state index in [0.717, 1.165) is 0 Å². The minimum atomic E-state index is -1.36. The van der Waals surface area contributed by atoms with Gasteiger partial charge in [-0.1, -0.05) is 0 Å². The Bertz CT molecular complexity index is 677. The lowest BCUT2D eigenvalue weighted by molar-refractivity contribution is -0.144. The summed E-state index contributed by atoms with van der Waals surface area (Å²) < 4.78 is 6.56. The summed E-state index contributed by atoms with van der Waals surface area (Å²) in [7, 11) is 0. The number of ether oxygens (including phenoxy) is 1. The summed E-state index contributed by atoms with van der Waals surface area (Å²) in [6, 6.07) is 6.50. The van der Waals surface area contributed by atoms with Crippen molar-refractivity contribution >= 4 is 11.9 Å². The zero-order valence-electron chi connectivity index (χ0n) is 11.5. The summed E-state index contributed by atoms with van der Waals surface area (Å²) in [5.74, 6) is -1.56. The van der Waals surface area contributed by atoms with Crippen LogP contribution in [0, 0.1) is 0 Å². The van der Waals surface area contributed by atoms with Crippen LogP contribution < -0.4 is 5.32 Å². The van der Waals surface area contributed by atoms with Crippen LogP contribution in [0.15, 0.2) is 30.6 Å². The number of benzene rings is 1. The molecule has 1 amide bonds. The molecule has 0 saturated carbocycles. The van der Waals surface area contributed by atoms with Gasteiger partial charge in [-0.05, 0) is 34.7 Å². The second-order valence-corrected chi connectivity index (χ2v) is 4.95. The molecule has 0 radical (unpaired) electrons. The molecule has 9 heteroatoms. The molecule has 1 aromatic heterocycles. The molecule has 1 unspecified atom stereocenters. The number of amides is 1. The number of carboxylic acids is 1. The van der Waals surface area contributed by atoms with Crippen LogP contribution in [0.2, 0.25) is 0 Å². The van der Waals surface area contributed by atoms with E-state index in [1.807, 2.05) is 0 Å². The number of aliphatic carboxylic acids is 1. The van der Waals surface area contributed by atoms with Gasteiger partial charge >= 0.3 is 5.97 Å². The average molecular weight is 303 g/mol. The van der Waals surface area contributed by atoms with Crippen molar-refractivity contribution in [1.29, 1.82) is 0 Å². The molecule has 0 aliphatic carbocycles. The molecule has 2 heterocycles. The van der Waals surface area contributed by atoms with E-state index >= 15 is 0 Å². The van der Waals surface area contributed by atoms with Gasteiger partial charge in [-0.25, -0.2) is 9.48 Å². The predicted octanol–water partition coefficient (Wildman–Crippen LogP) is -0.364. The van der Waals surface area contributed by atoms with Crippen LogP contribution in [-0.4, -0.2) is 55.9 Å². The van der Waals surface area contributed by atoms with E-state index in [2.05, 4.69) is 20.8 Å². The molecule has 1 aromatic carbocycles. The Morgan fingerprint density at radius 1 is 1.32 bits per heavy atom. The molecule has 0 spiro atoms. The molecular formula is C13H13N5O4. The highest BCUT2D eigenvalue weighted by Crippen LogP contribution is 2.20. The smallest absolute Gasteiger partial charge is 0.331 e. The van der Waals surface area contributed by atoms with E-state index in [1.165, 1.54) is 11.0 Å². The van der Waals surface area contributed by atoms with Gasteiger partial charge in [0.1, 0.15) is 6.33 Å². The van der Waals surface area contributed by atoms with Crippen molar-refractivity contribution in [3.8, 4) is 5.69 Å². The van der Waals surface area contributed by atoms with E-state index in [-0.39, 0.29) is 13.0 Å².